The number of morpholine rings is 1. The summed E-state index contributed by atoms with van der Waals surface area (Å²) in [6, 6.07) is 0.450. The van der Waals surface area contributed by atoms with Gasteiger partial charge in [-0.2, -0.15) is 0 Å². The SMILES string of the molecule is CNC1CC(C)(C)Cc2nc(N3C[C@@H](C)O[C@@H](C)C3)sc21. The number of rotatable bonds is 2. The molecule has 21 heavy (non-hydrogen) atoms. The molecule has 0 aromatic carbocycles. The second-order valence-electron chi connectivity index (χ2n) is 7.36. The number of aromatic nitrogens is 1. The third kappa shape index (κ3) is 3.10. The van der Waals surface area contributed by atoms with Crippen molar-refractivity contribution in [2.45, 2.75) is 58.8 Å². The number of hydrogen-bond acceptors (Lipinski definition) is 5. The van der Waals surface area contributed by atoms with E-state index in [1.807, 2.05) is 11.3 Å². The van der Waals surface area contributed by atoms with Crippen molar-refractivity contribution in [3.63, 3.8) is 0 Å². The second-order valence-corrected chi connectivity index (χ2v) is 8.37. The van der Waals surface area contributed by atoms with Gasteiger partial charge in [0.15, 0.2) is 5.13 Å². The Morgan fingerprint density at radius 2 is 1.95 bits per heavy atom. The zero-order chi connectivity index (χ0) is 15.2. The smallest absolute Gasteiger partial charge is 0.186 e. The molecule has 1 unspecified atom stereocenters. The van der Waals surface area contributed by atoms with Gasteiger partial charge in [0.25, 0.3) is 0 Å². The fourth-order valence-corrected chi connectivity index (χ4v) is 4.83. The minimum atomic E-state index is 0.284. The maximum Gasteiger partial charge on any atom is 0.186 e. The monoisotopic (exact) mass is 309 g/mol. The minimum Gasteiger partial charge on any atom is -0.372 e. The normalized spacial score (nSPS) is 32.0. The Morgan fingerprint density at radius 1 is 1.29 bits per heavy atom. The second kappa shape index (κ2) is 5.52. The van der Waals surface area contributed by atoms with Crippen LogP contribution in [0.15, 0.2) is 0 Å². The van der Waals surface area contributed by atoms with E-state index in [2.05, 4.69) is 45.0 Å². The molecule has 1 saturated heterocycles. The molecule has 1 aromatic heterocycles. The van der Waals surface area contributed by atoms with Gasteiger partial charge < -0.3 is 15.0 Å². The molecule has 3 atom stereocenters. The highest BCUT2D eigenvalue weighted by molar-refractivity contribution is 7.15. The van der Waals surface area contributed by atoms with Gasteiger partial charge in [0, 0.05) is 24.0 Å². The Morgan fingerprint density at radius 3 is 2.57 bits per heavy atom. The maximum atomic E-state index is 5.84. The Balaban J connectivity index is 1.88. The lowest BCUT2D eigenvalue weighted by molar-refractivity contribution is -0.00524. The molecule has 2 heterocycles. The van der Waals surface area contributed by atoms with Crippen LogP contribution in [-0.2, 0) is 11.2 Å². The molecule has 1 aliphatic heterocycles. The van der Waals surface area contributed by atoms with Crippen LogP contribution in [0.4, 0.5) is 5.13 Å². The number of nitrogens with zero attached hydrogens (tertiary/aromatic N) is 2. The van der Waals surface area contributed by atoms with Crippen molar-refractivity contribution in [2.24, 2.45) is 5.41 Å². The van der Waals surface area contributed by atoms with E-state index in [1.54, 1.807) is 0 Å². The summed E-state index contributed by atoms with van der Waals surface area (Å²) in [5, 5.41) is 4.66. The van der Waals surface area contributed by atoms with Gasteiger partial charge in [-0.25, -0.2) is 4.98 Å². The first kappa shape index (κ1) is 15.3. The number of thiazole rings is 1. The quantitative estimate of drug-likeness (QED) is 0.911. The fraction of sp³-hybridized carbons (Fsp3) is 0.812. The van der Waals surface area contributed by atoms with Crippen LogP contribution in [0.5, 0.6) is 0 Å². The van der Waals surface area contributed by atoms with E-state index in [1.165, 1.54) is 22.1 Å². The van der Waals surface area contributed by atoms with Gasteiger partial charge in [-0.05, 0) is 39.2 Å². The van der Waals surface area contributed by atoms with E-state index in [9.17, 15) is 0 Å². The standard InChI is InChI=1S/C16H27N3OS/c1-10-8-19(9-11(2)20-10)15-18-13-7-16(3,4)6-12(17-5)14(13)21-15/h10-12,17H,6-9H2,1-5H3/t10-,11+,12?. The maximum absolute atomic E-state index is 5.84. The minimum absolute atomic E-state index is 0.284. The molecule has 0 amide bonds. The summed E-state index contributed by atoms with van der Waals surface area (Å²) in [5.41, 5.74) is 1.63. The summed E-state index contributed by atoms with van der Waals surface area (Å²) in [4.78, 5) is 8.83. The predicted molar refractivity (Wildman–Crippen MR) is 88.2 cm³/mol. The van der Waals surface area contributed by atoms with E-state index in [-0.39, 0.29) is 12.2 Å². The molecule has 1 fully saturated rings. The molecule has 0 radical (unpaired) electrons. The zero-order valence-corrected chi connectivity index (χ0v) is 14.6. The van der Waals surface area contributed by atoms with Crippen molar-refractivity contribution < 1.29 is 4.74 Å². The lowest BCUT2D eigenvalue weighted by Crippen LogP contribution is -2.45. The zero-order valence-electron chi connectivity index (χ0n) is 13.8. The number of nitrogens with one attached hydrogen (secondary N) is 1. The number of anilines is 1. The van der Waals surface area contributed by atoms with Crippen molar-refractivity contribution in [3.8, 4) is 0 Å². The van der Waals surface area contributed by atoms with Crippen molar-refractivity contribution in [2.75, 3.05) is 25.0 Å². The van der Waals surface area contributed by atoms with E-state index in [0.717, 1.165) is 19.5 Å². The molecule has 0 saturated carbocycles. The van der Waals surface area contributed by atoms with Crippen LogP contribution in [0, 0.1) is 5.41 Å². The van der Waals surface area contributed by atoms with Gasteiger partial charge >= 0.3 is 0 Å². The predicted octanol–water partition coefficient (Wildman–Crippen LogP) is 2.99. The van der Waals surface area contributed by atoms with Crippen LogP contribution < -0.4 is 10.2 Å². The molecule has 2 aliphatic rings. The summed E-state index contributed by atoms with van der Waals surface area (Å²) in [6.07, 6.45) is 2.85. The van der Waals surface area contributed by atoms with Crippen LogP contribution >= 0.6 is 11.3 Å². The Bertz CT molecular complexity index is 504. The third-order valence-corrected chi connectivity index (χ3v) is 5.75. The molecule has 118 valence electrons. The lowest BCUT2D eigenvalue weighted by Gasteiger charge is -2.35. The van der Waals surface area contributed by atoms with Crippen LogP contribution in [0.1, 0.15) is 50.7 Å². The third-order valence-electron chi connectivity index (χ3n) is 4.47. The molecular formula is C16H27N3OS. The Labute approximate surface area is 131 Å². The molecular weight excluding hydrogens is 282 g/mol. The first-order valence-electron chi connectivity index (χ1n) is 7.95. The summed E-state index contributed by atoms with van der Waals surface area (Å²) in [5.74, 6) is 0. The van der Waals surface area contributed by atoms with Crippen LogP contribution in [0.2, 0.25) is 0 Å². The average molecular weight is 309 g/mol. The molecule has 5 heteroatoms. The Kier molecular flexibility index (Phi) is 4.01. The summed E-state index contributed by atoms with van der Waals surface area (Å²) in [6.45, 7) is 10.9. The van der Waals surface area contributed by atoms with Gasteiger partial charge in [0.05, 0.1) is 17.9 Å². The highest BCUT2D eigenvalue weighted by atomic mass is 32.1. The van der Waals surface area contributed by atoms with Gasteiger partial charge in [-0.15, -0.1) is 0 Å². The van der Waals surface area contributed by atoms with Crippen LogP contribution in [0.3, 0.4) is 0 Å². The highest BCUT2D eigenvalue weighted by Gasteiger charge is 2.35. The van der Waals surface area contributed by atoms with E-state index >= 15 is 0 Å². The van der Waals surface area contributed by atoms with E-state index < -0.39 is 0 Å². The first-order chi connectivity index (χ1) is 9.88. The number of hydrogen-bond donors (Lipinski definition) is 1. The number of fused-ring (bicyclic) bond motifs is 1. The van der Waals surface area contributed by atoms with E-state index in [0.29, 0.717) is 11.5 Å². The molecule has 1 aliphatic carbocycles. The van der Waals surface area contributed by atoms with Crippen LogP contribution in [0.25, 0.3) is 0 Å². The van der Waals surface area contributed by atoms with E-state index in [4.69, 9.17) is 9.72 Å². The molecule has 0 bridgehead atoms. The fourth-order valence-electron chi connectivity index (χ4n) is 3.62. The average Bonchev–Trinajstić information content (AvgIpc) is 2.78. The number of ether oxygens (including phenoxy) is 1. The molecule has 4 nitrogen and oxygen atoms in total. The van der Waals surface area contributed by atoms with Crippen molar-refractivity contribution >= 4 is 16.5 Å². The first-order valence-corrected chi connectivity index (χ1v) is 8.77. The van der Waals surface area contributed by atoms with Crippen molar-refractivity contribution in [1.29, 1.82) is 0 Å². The molecule has 0 spiro atoms. The summed E-state index contributed by atoms with van der Waals surface area (Å²) >= 11 is 1.88. The van der Waals surface area contributed by atoms with Crippen molar-refractivity contribution in [3.05, 3.63) is 10.6 Å². The van der Waals surface area contributed by atoms with Gasteiger partial charge in [-0.1, -0.05) is 25.2 Å². The summed E-state index contributed by atoms with van der Waals surface area (Å²) < 4.78 is 5.84. The Hall–Kier alpha value is -0.650. The van der Waals surface area contributed by atoms with Crippen LogP contribution in [-0.4, -0.2) is 37.3 Å². The highest BCUT2D eigenvalue weighted by Crippen LogP contribution is 2.44. The van der Waals surface area contributed by atoms with Gasteiger partial charge in [0.1, 0.15) is 0 Å². The largest absolute Gasteiger partial charge is 0.372 e. The topological polar surface area (TPSA) is 37.4 Å². The molecule has 1 N–H and O–H groups in total. The molecule has 3 rings (SSSR count). The van der Waals surface area contributed by atoms with Crippen molar-refractivity contribution in [1.82, 2.24) is 10.3 Å². The lowest BCUT2D eigenvalue weighted by atomic mass is 9.76. The van der Waals surface area contributed by atoms with Gasteiger partial charge in [-0.3, -0.25) is 0 Å². The van der Waals surface area contributed by atoms with Gasteiger partial charge in [0.2, 0.25) is 0 Å². The molecule has 1 aromatic rings. The summed E-state index contributed by atoms with van der Waals surface area (Å²) in [7, 11) is 2.06.